The van der Waals surface area contributed by atoms with Gasteiger partial charge in [-0.25, -0.2) is 4.79 Å². The summed E-state index contributed by atoms with van der Waals surface area (Å²) in [5.41, 5.74) is -0.671. The van der Waals surface area contributed by atoms with E-state index in [0.29, 0.717) is 5.76 Å². The summed E-state index contributed by atoms with van der Waals surface area (Å²) >= 11 is 0. The number of carbonyl (C=O) groups is 2. The quantitative estimate of drug-likeness (QED) is 0.628. The van der Waals surface area contributed by atoms with E-state index in [9.17, 15) is 9.59 Å². The maximum absolute atomic E-state index is 11.4. The number of hydrogen-bond acceptors (Lipinski definition) is 4. The van der Waals surface area contributed by atoms with Gasteiger partial charge in [-0.1, -0.05) is 0 Å². The third-order valence-corrected chi connectivity index (χ3v) is 1.80. The van der Waals surface area contributed by atoms with Crippen LogP contribution < -0.4 is 5.32 Å². The third-order valence-electron chi connectivity index (χ3n) is 1.80. The Morgan fingerprint density at radius 2 is 2.00 bits per heavy atom. The average Bonchev–Trinajstić information content (AvgIpc) is 2.58. The summed E-state index contributed by atoms with van der Waals surface area (Å²) in [7, 11) is 0. The van der Waals surface area contributed by atoms with Crippen molar-refractivity contribution in [1.29, 1.82) is 0 Å². The minimum atomic E-state index is -0.888. The van der Waals surface area contributed by atoms with Crippen LogP contribution in [-0.2, 0) is 20.9 Å². The molecule has 0 aliphatic rings. The van der Waals surface area contributed by atoms with E-state index >= 15 is 0 Å². The second-order valence-corrected chi connectivity index (χ2v) is 4.70. The molecule has 0 fully saturated rings. The second-order valence-electron chi connectivity index (χ2n) is 4.70. The van der Waals surface area contributed by atoms with Crippen LogP contribution in [0.4, 0.5) is 0 Å². The molecule has 1 aromatic rings. The minimum Gasteiger partial charge on any atom is -0.465 e. The molecule has 1 N–H and O–H groups in total. The van der Waals surface area contributed by atoms with Crippen LogP contribution in [0.5, 0.6) is 0 Å². The molecule has 0 saturated heterocycles. The molecule has 0 aliphatic carbocycles. The summed E-state index contributed by atoms with van der Waals surface area (Å²) in [6.07, 6.45) is 0. The first-order chi connectivity index (χ1) is 7.78. The molecule has 0 saturated carbocycles. The van der Waals surface area contributed by atoms with Gasteiger partial charge in [-0.15, -0.1) is 0 Å². The van der Waals surface area contributed by atoms with Crippen LogP contribution in [0.1, 0.15) is 32.3 Å². The molecule has 0 radical (unpaired) electrons. The summed E-state index contributed by atoms with van der Waals surface area (Å²) in [6, 6.07) is 3.53. The Hall–Kier alpha value is -1.78. The van der Waals surface area contributed by atoms with Crippen molar-refractivity contribution in [3.05, 3.63) is 23.7 Å². The molecule has 0 aromatic carbocycles. The van der Waals surface area contributed by atoms with Gasteiger partial charge < -0.3 is 14.5 Å². The number of rotatable bonds is 2. The van der Waals surface area contributed by atoms with Gasteiger partial charge in [0.15, 0.2) is 0 Å². The largest absolute Gasteiger partial charge is 0.465 e. The first-order valence-corrected chi connectivity index (χ1v) is 5.34. The van der Waals surface area contributed by atoms with E-state index in [2.05, 4.69) is 5.32 Å². The second kappa shape index (κ2) is 5.03. The van der Waals surface area contributed by atoms with Gasteiger partial charge in [-0.05, 0) is 39.8 Å². The zero-order chi connectivity index (χ0) is 13.1. The Morgan fingerprint density at radius 3 is 2.47 bits per heavy atom. The molecule has 0 unspecified atom stereocenters. The first kappa shape index (κ1) is 13.3. The molecule has 17 heavy (non-hydrogen) atoms. The fourth-order valence-electron chi connectivity index (χ4n) is 1.14. The lowest BCUT2D eigenvalue weighted by Gasteiger charge is -2.18. The van der Waals surface area contributed by atoms with Crippen molar-refractivity contribution < 1.29 is 18.7 Å². The number of hydrogen-bond donors (Lipinski definition) is 1. The molecule has 5 nitrogen and oxygen atoms in total. The number of ether oxygens (including phenoxy) is 1. The van der Waals surface area contributed by atoms with Gasteiger partial charge in [0.1, 0.15) is 17.1 Å². The smallest absolute Gasteiger partial charge is 0.397 e. The van der Waals surface area contributed by atoms with Crippen LogP contribution >= 0.6 is 0 Å². The SMILES string of the molecule is Cc1ccc(CNC(=O)C(=O)OC(C)(C)C)o1. The van der Waals surface area contributed by atoms with Crippen molar-refractivity contribution in [2.24, 2.45) is 0 Å². The van der Waals surface area contributed by atoms with Crippen molar-refractivity contribution in [3.8, 4) is 0 Å². The van der Waals surface area contributed by atoms with Gasteiger partial charge in [-0.3, -0.25) is 4.79 Å². The Balaban J connectivity index is 2.42. The van der Waals surface area contributed by atoms with E-state index < -0.39 is 17.5 Å². The lowest BCUT2D eigenvalue weighted by molar-refractivity contribution is -0.163. The molecule has 0 spiro atoms. The topological polar surface area (TPSA) is 68.5 Å². The minimum absolute atomic E-state index is 0.173. The van der Waals surface area contributed by atoms with Crippen LogP contribution in [0.25, 0.3) is 0 Å². The van der Waals surface area contributed by atoms with E-state index in [0.717, 1.165) is 5.76 Å². The van der Waals surface area contributed by atoms with Gasteiger partial charge in [0, 0.05) is 0 Å². The summed E-state index contributed by atoms with van der Waals surface area (Å²) in [5, 5.41) is 2.43. The third kappa shape index (κ3) is 4.72. The predicted octanol–water partition coefficient (Wildman–Crippen LogP) is 1.55. The molecular formula is C12H17NO4. The highest BCUT2D eigenvalue weighted by Gasteiger charge is 2.22. The molecule has 1 aromatic heterocycles. The van der Waals surface area contributed by atoms with Crippen molar-refractivity contribution >= 4 is 11.9 Å². The van der Waals surface area contributed by atoms with Gasteiger partial charge >= 0.3 is 11.9 Å². The number of aryl methyl sites for hydroxylation is 1. The lowest BCUT2D eigenvalue weighted by Crippen LogP contribution is -2.36. The molecule has 1 amide bonds. The van der Waals surface area contributed by atoms with Gasteiger partial charge in [0.2, 0.25) is 0 Å². The molecule has 1 heterocycles. The summed E-state index contributed by atoms with van der Waals surface area (Å²) in [4.78, 5) is 22.7. The van der Waals surface area contributed by atoms with E-state index in [1.165, 1.54) is 0 Å². The van der Waals surface area contributed by atoms with E-state index in [1.54, 1.807) is 39.8 Å². The Labute approximate surface area is 100 Å². The van der Waals surface area contributed by atoms with E-state index in [4.69, 9.17) is 9.15 Å². The van der Waals surface area contributed by atoms with Crippen molar-refractivity contribution in [3.63, 3.8) is 0 Å². The van der Waals surface area contributed by atoms with Crippen LogP contribution in [0, 0.1) is 6.92 Å². The fourth-order valence-corrected chi connectivity index (χ4v) is 1.14. The lowest BCUT2D eigenvalue weighted by atomic mass is 10.2. The molecular weight excluding hydrogens is 222 g/mol. The van der Waals surface area contributed by atoms with Gasteiger partial charge in [-0.2, -0.15) is 0 Å². The summed E-state index contributed by atoms with van der Waals surface area (Å²) in [6.45, 7) is 7.08. The standard InChI is InChI=1S/C12H17NO4/c1-8-5-6-9(16-8)7-13-10(14)11(15)17-12(2,3)4/h5-6H,7H2,1-4H3,(H,13,14). The maximum Gasteiger partial charge on any atom is 0.397 e. The Morgan fingerprint density at radius 1 is 1.35 bits per heavy atom. The highest BCUT2D eigenvalue weighted by Crippen LogP contribution is 2.08. The Kier molecular flexibility index (Phi) is 3.93. The van der Waals surface area contributed by atoms with Crippen LogP contribution in [-0.4, -0.2) is 17.5 Å². The fraction of sp³-hybridized carbons (Fsp3) is 0.500. The van der Waals surface area contributed by atoms with Crippen molar-refractivity contribution in [2.75, 3.05) is 0 Å². The zero-order valence-electron chi connectivity index (χ0n) is 10.5. The highest BCUT2D eigenvalue weighted by molar-refractivity contribution is 6.32. The molecule has 5 heteroatoms. The van der Waals surface area contributed by atoms with Crippen molar-refractivity contribution in [2.45, 2.75) is 39.8 Å². The van der Waals surface area contributed by atoms with Gasteiger partial charge in [0.05, 0.1) is 6.54 Å². The Bertz CT molecular complexity index is 414. The molecule has 94 valence electrons. The first-order valence-electron chi connectivity index (χ1n) is 5.34. The molecule has 0 bridgehead atoms. The molecule has 0 aliphatic heterocycles. The average molecular weight is 239 g/mol. The summed E-state index contributed by atoms with van der Waals surface area (Å²) in [5.74, 6) is -0.305. The molecule has 0 atom stereocenters. The highest BCUT2D eigenvalue weighted by atomic mass is 16.6. The van der Waals surface area contributed by atoms with Crippen LogP contribution in [0.2, 0.25) is 0 Å². The number of nitrogens with one attached hydrogen (secondary N) is 1. The number of carbonyl (C=O) groups excluding carboxylic acids is 2. The zero-order valence-corrected chi connectivity index (χ0v) is 10.5. The number of esters is 1. The molecule has 1 rings (SSSR count). The normalized spacial score (nSPS) is 11.1. The van der Waals surface area contributed by atoms with Crippen molar-refractivity contribution in [1.82, 2.24) is 5.32 Å². The number of amides is 1. The number of furan rings is 1. The summed E-state index contributed by atoms with van der Waals surface area (Å²) < 4.78 is 10.2. The van der Waals surface area contributed by atoms with Crippen LogP contribution in [0.3, 0.4) is 0 Å². The van der Waals surface area contributed by atoms with Gasteiger partial charge in [0.25, 0.3) is 0 Å². The predicted molar refractivity (Wildman–Crippen MR) is 61.1 cm³/mol. The monoisotopic (exact) mass is 239 g/mol. The van der Waals surface area contributed by atoms with E-state index in [1.807, 2.05) is 0 Å². The van der Waals surface area contributed by atoms with Crippen LogP contribution in [0.15, 0.2) is 16.5 Å². The van der Waals surface area contributed by atoms with E-state index in [-0.39, 0.29) is 6.54 Å². The maximum atomic E-state index is 11.4.